The number of rotatable bonds is 5. The second-order valence-corrected chi connectivity index (χ2v) is 7.90. The number of carbonyl (C=O) groups is 2. The van der Waals surface area contributed by atoms with E-state index in [1.807, 2.05) is 0 Å². The average molecular weight is 339 g/mol. The number of sulfone groups is 1. The SMILES string of the molecule is CC(=O)Nc1ccc(NCC(=O)N(C)C2CCS(=O)(=O)C2)cc1. The van der Waals surface area contributed by atoms with Crippen molar-refractivity contribution in [3.05, 3.63) is 24.3 Å². The molecule has 1 atom stereocenters. The van der Waals surface area contributed by atoms with E-state index in [1.165, 1.54) is 11.8 Å². The summed E-state index contributed by atoms with van der Waals surface area (Å²) in [5.41, 5.74) is 1.43. The Labute approximate surface area is 136 Å². The van der Waals surface area contributed by atoms with Crippen molar-refractivity contribution in [2.45, 2.75) is 19.4 Å². The minimum Gasteiger partial charge on any atom is -0.376 e. The third-order valence-electron chi connectivity index (χ3n) is 3.80. The fourth-order valence-corrected chi connectivity index (χ4v) is 4.24. The van der Waals surface area contributed by atoms with Gasteiger partial charge in [0.1, 0.15) is 0 Å². The first-order valence-corrected chi connectivity index (χ1v) is 9.16. The Hall–Kier alpha value is -2.09. The number of hydrogen-bond donors (Lipinski definition) is 2. The van der Waals surface area contributed by atoms with Crippen LogP contribution < -0.4 is 10.6 Å². The first-order chi connectivity index (χ1) is 10.8. The van der Waals surface area contributed by atoms with E-state index in [0.29, 0.717) is 12.1 Å². The molecular weight excluding hydrogens is 318 g/mol. The summed E-state index contributed by atoms with van der Waals surface area (Å²) in [4.78, 5) is 24.6. The standard InChI is InChI=1S/C15H21N3O4S/c1-11(19)17-13-5-3-12(4-6-13)16-9-15(20)18(2)14-7-8-23(21,22)10-14/h3-6,14,16H,7-10H2,1-2H3,(H,17,19). The number of carbonyl (C=O) groups excluding carboxylic acids is 2. The van der Waals surface area contributed by atoms with E-state index >= 15 is 0 Å². The Morgan fingerprint density at radius 3 is 2.35 bits per heavy atom. The van der Waals surface area contributed by atoms with Crippen LogP contribution in [0.1, 0.15) is 13.3 Å². The molecule has 0 radical (unpaired) electrons. The molecule has 126 valence electrons. The highest BCUT2D eigenvalue weighted by atomic mass is 32.2. The van der Waals surface area contributed by atoms with Gasteiger partial charge in [-0.1, -0.05) is 0 Å². The number of hydrogen-bond acceptors (Lipinski definition) is 5. The Kier molecular flexibility index (Phi) is 5.25. The normalized spacial score (nSPS) is 19.1. The van der Waals surface area contributed by atoms with E-state index in [-0.39, 0.29) is 35.9 Å². The predicted octanol–water partition coefficient (Wildman–Crippen LogP) is 0.702. The molecule has 1 heterocycles. The molecule has 2 rings (SSSR count). The summed E-state index contributed by atoms with van der Waals surface area (Å²) in [6, 6.07) is 6.76. The maximum Gasteiger partial charge on any atom is 0.241 e. The number of anilines is 2. The van der Waals surface area contributed by atoms with Gasteiger partial charge in [0.15, 0.2) is 9.84 Å². The number of benzene rings is 1. The average Bonchev–Trinajstić information content (AvgIpc) is 2.85. The van der Waals surface area contributed by atoms with E-state index in [4.69, 9.17) is 0 Å². The van der Waals surface area contributed by atoms with Crippen LogP contribution in [0.2, 0.25) is 0 Å². The van der Waals surface area contributed by atoms with Gasteiger partial charge >= 0.3 is 0 Å². The zero-order valence-corrected chi connectivity index (χ0v) is 14.0. The molecule has 1 saturated heterocycles. The summed E-state index contributed by atoms with van der Waals surface area (Å²) in [7, 11) is -1.37. The van der Waals surface area contributed by atoms with Gasteiger partial charge in [-0.25, -0.2) is 8.42 Å². The molecule has 1 fully saturated rings. The first kappa shape index (κ1) is 17.3. The quantitative estimate of drug-likeness (QED) is 0.823. The Morgan fingerprint density at radius 2 is 1.83 bits per heavy atom. The summed E-state index contributed by atoms with van der Waals surface area (Å²) in [6.07, 6.45) is 0.496. The van der Waals surface area contributed by atoms with Gasteiger partial charge in [0, 0.05) is 31.4 Å². The van der Waals surface area contributed by atoms with Gasteiger partial charge in [0.25, 0.3) is 0 Å². The predicted molar refractivity (Wildman–Crippen MR) is 89.1 cm³/mol. The van der Waals surface area contributed by atoms with E-state index in [2.05, 4.69) is 10.6 Å². The van der Waals surface area contributed by atoms with E-state index in [0.717, 1.165) is 5.69 Å². The second kappa shape index (κ2) is 6.99. The van der Waals surface area contributed by atoms with Crippen LogP contribution in [0.15, 0.2) is 24.3 Å². The van der Waals surface area contributed by atoms with Crippen LogP contribution in [-0.4, -0.2) is 56.3 Å². The summed E-state index contributed by atoms with van der Waals surface area (Å²) >= 11 is 0. The number of nitrogens with zero attached hydrogens (tertiary/aromatic N) is 1. The molecule has 0 saturated carbocycles. The van der Waals surface area contributed by atoms with Crippen LogP contribution in [0.4, 0.5) is 11.4 Å². The lowest BCUT2D eigenvalue weighted by molar-refractivity contribution is -0.129. The molecule has 1 unspecified atom stereocenters. The molecule has 0 aromatic heterocycles. The van der Waals surface area contributed by atoms with Crippen molar-refractivity contribution >= 4 is 33.0 Å². The highest BCUT2D eigenvalue weighted by Gasteiger charge is 2.32. The maximum atomic E-state index is 12.1. The molecule has 8 heteroatoms. The van der Waals surface area contributed by atoms with Crippen LogP contribution in [-0.2, 0) is 19.4 Å². The molecule has 1 aliphatic rings. The summed E-state index contributed by atoms with van der Waals surface area (Å²) < 4.78 is 22.9. The second-order valence-electron chi connectivity index (χ2n) is 5.67. The van der Waals surface area contributed by atoms with Gasteiger partial charge in [-0.3, -0.25) is 9.59 Å². The fourth-order valence-electron chi connectivity index (χ4n) is 2.46. The molecular formula is C15H21N3O4S. The topological polar surface area (TPSA) is 95.6 Å². The Balaban J connectivity index is 1.85. The summed E-state index contributed by atoms with van der Waals surface area (Å²) in [5.74, 6) is -0.111. The third-order valence-corrected chi connectivity index (χ3v) is 5.55. The van der Waals surface area contributed by atoms with Crippen molar-refractivity contribution in [3.8, 4) is 0 Å². The molecule has 1 aromatic rings. The van der Waals surface area contributed by atoms with Gasteiger partial charge in [-0.15, -0.1) is 0 Å². The largest absolute Gasteiger partial charge is 0.376 e. The van der Waals surface area contributed by atoms with Gasteiger partial charge in [-0.05, 0) is 30.7 Å². The molecule has 0 spiro atoms. The molecule has 2 N–H and O–H groups in total. The number of likely N-dealkylation sites (N-methyl/N-ethyl adjacent to an activating group) is 1. The molecule has 0 bridgehead atoms. The highest BCUT2D eigenvalue weighted by Crippen LogP contribution is 2.17. The molecule has 1 aromatic carbocycles. The lowest BCUT2D eigenvalue weighted by atomic mass is 10.2. The molecule has 1 aliphatic heterocycles. The van der Waals surface area contributed by atoms with Gasteiger partial charge < -0.3 is 15.5 Å². The van der Waals surface area contributed by atoms with Crippen molar-refractivity contribution < 1.29 is 18.0 Å². The minimum absolute atomic E-state index is 0.0423. The van der Waals surface area contributed by atoms with Crippen LogP contribution >= 0.6 is 0 Å². The Morgan fingerprint density at radius 1 is 1.22 bits per heavy atom. The summed E-state index contributed by atoms with van der Waals surface area (Å²) in [6.45, 7) is 1.52. The maximum absolute atomic E-state index is 12.1. The smallest absolute Gasteiger partial charge is 0.241 e. The van der Waals surface area contributed by atoms with E-state index in [9.17, 15) is 18.0 Å². The van der Waals surface area contributed by atoms with Gasteiger partial charge in [0.05, 0.1) is 18.1 Å². The third kappa shape index (κ3) is 4.95. The van der Waals surface area contributed by atoms with E-state index < -0.39 is 9.84 Å². The van der Waals surface area contributed by atoms with Crippen molar-refractivity contribution in [2.75, 3.05) is 35.7 Å². The number of nitrogens with one attached hydrogen (secondary N) is 2. The molecule has 0 aliphatic carbocycles. The van der Waals surface area contributed by atoms with Gasteiger partial charge in [0.2, 0.25) is 11.8 Å². The van der Waals surface area contributed by atoms with Crippen molar-refractivity contribution in [1.29, 1.82) is 0 Å². The van der Waals surface area contributed by atoms with Crippen molar-refractivity contribution in [2.24, 2.45) is 0 Å². The zero-order valence-electron chi connectivity index (χ0n) is 13.2. The van der Waals surface area contributed by atoms with Crippen LogP contribution in [0.5, 0.6) is 0 Å². The van der Waals surface area contributed by atoms with Crippen LogP contribution in [0.3, 0.4) is 0 Å². The lowest BCUT2D eigenvalue weighted by Crippen LogP contribution is -2.40. The lowest BCUT2D eigenvalue weighted by Gasteiger charge is -2.23. The zero-order chi connectivity index (χ0) is 17.0. The molecule has 2 amide bonds. The monoisotopic (exact) mass is 339 g/mol. The first-order valence-electron chi connectivity index (χ1n) is 7.34. The molecule has 7 nitrogen and oxygen atoms in total. The Bertz CT molecular complexity index is 685. The summed E-state index contributed by atoms with van der Waals surface area (Å²) in [5, 5.41) is 5.66. The molecule has 23 heavy (non-hydrogen) atoms. The minimum atomic E-state index is -3.00. The number of amides is 2. The van der Waals surface area contributed by atoms with Gasteiger partial charge in [-0.2, -0.15) is 0 Å². The van der Waals surface area contributed by atoms with Crippen molar-refractivity contribution in [3.63, 3.8) is 0 Å². The van der Waals surface area contributed by atoms with Crippen LogP contribution in [0, 0.1) is 0 Å². The van der Waals surface area contributed by atoms with E-state index in [1.54, 1.807) is 31.3 Å². The fraction of sp³-hybridized carbons (Fsp3) is 0.467. The van der Waals surface area contributed by atoms with Crippen molar-refractivity contribution in [1.82, 2.24) is 4.90 Å². The highest BCUT2D eigenvalue weighted by molar-refractivity contribution is 7.91. The van der Waals surface area contributed by atoms with Crippen LogP contribution in [0.25, 0.3) is 0 Å².